The highest BCUT2D eigenvalue weighted by Crippen LogP contribution is 2.51. The van der Waals surface area contributed by atoms with Gasteiger partial charge in [-0.2, -0.15) is 0 Å². The summed E-state index contributed by atoms with van der Waals surface area (Å²) in [6.45, 7) is 3.88. The van der Waals surface area contributed by atoms with Gasteiger partial charge >= 0.3 is 5.97 Å². The van der Waals surface area contributed by atoms with Gasteiger partial charge in [-0.1, -0.05) is 13.8 Å². The Morgan fingerprint density at radius 1 is 1.48 bits per heavy atom. The highest BCUT2D eigenvalue weighted by molar-refractivity contribution is 5.88. The van der Waals surface area contributed by atoms with Gasteiger partial charge in [0, 0.05) is 11.5 Å². The average molecular weight is 295 g/mol. The number of nitrogens with one attached hydrogen (secondary N) is 1. The maximum absolute atomic E-state index is 13.4. The molecule has 1 aromatic rings. The molecular weight excluding hydrogens is 277 g/mol. The van der Waals surface area contributed by atoms with Crippen molar-refractivity contribution in [2.75, 3.05) is 7.11 Å². The van der Waals surface area contributed by atoms with Gasteiger partial charge in [-0.15, -0.1) is 0 Å². The Balaban J connectivity index is 2.26. The lowest BCUT2D eigenvalue weighted by molar-refractivity contribution is -0.142. The van der Waals surface area contributed by atoms with Crippen LogP contribution in [-0.4, -0.2) is 24.1 Å². The lowest BCUT2D eigenvalue weighted by Crippen LogP contribution is -2.35. The molecule has 0 spiro atoms. The second-order valence-electron chi connectivity index (χ2n) is 5.91. The first-order chi connectivity index (χ1) is 9.76. The Hall–Kier alpha value is -2.11. The Kier molecular flexibility index (Phi) is 3.89. The molecule has 0 bridgehead atoms. The maximum atomic E-state index is 13.4. The molecule has 1 aliphatic rings. The van der Waals surface area contributed by atoms with E-state index in [-0.39, 0.29) is 28.6 Å². The molecule has 0 aliphatic heterocycles. The fourth-order valence-corrected chi connectivity index (χ4v) is 2.36. The van der Waals surface area contributed by atoms with E-state index in [1.54, 1.807) is 0 Å². The Morgan fingerprint density at radius 3 is 2.57 bits per heavy atom. The molecular formula is C15H18FNO4. The van der Waals surface area contributed by atoms with Crippen molar-refractivity contribution in [1.82, 2.24) is 5.32 Å². The number of aliphatic carboxylic acids is 1. The van der Waals surface area contributed by atoms with E-state index in [4.69, 9.17) is 4.74 Å². The summed E-state index contributed by atoms with van der Waals surface area (Å²) >= 11 is 0. The molecule has 114 valence electrons. The molecule has 2 rings (SSSR count). The normalized spacial score (nSPS) is 20.5. The topological polar surface area (TPSA) is 75.6 Å². The zero-order chi connectivity index (χ0) is 15.8. The second-order valence-corrected chi connectivity index (χ2v) is 5.91. The van der Waals surface area contributed by atoms with E-state index in [0.717, 1.165) is 6.07 Å². The van der Waals surface area contributed by atoms with Crippen LogP contribution in [0.25, 0.3) is 0 Å². The smallest absolute Gasteiger partial charge is 0.331 e. The zero-order valence-electron chi connectivity index (χ0n) is 12.1. The summed E-state index contributed by atoms with van der Waals surface area (Å²) in [5, 5.41) is 11.8. The number of carbonyl (C=O) groups is 2. The third-order valence-corrected chi connectivity index (χ3v) is 3.87. The molecule has 5 nitrogen and oxygen atoms in total. The number of benzene rings is 1. The molecule has 0 saturated heterocycles. The number of rotatable bonds is 5. The quantitative estimate of drug-likeness (QED) is 0.872. The standard InChI is InChI=1S/C15H18FNO4/c1-15(2)7-10(15)13(18)17-12(14(19)20)9-6-8(16)4-5-11(9)21-3/h4-6,10,12H,7H2,1-3H3,(H,17,18)(H,19,20)/t10-,12?/m1/s1. The fourth-order valence-electron chi connectivity index (χ4n) is 2.36. The Morgan fingerprint density at radius 2 is 2.10 bits per heavy atom. The Labute approximate surface area is 122 Å². The van der Waals surface area contributed by atoms with Gasteiger partial charge in [0.2, 0.25) is 5.91 Å². The number of methoxy groups -OCH3 is 1. The molecule has 1 aromatic carbocycles. The van der Waals surface area contributed by atoms with Gasteiger partial charge in [-0.3, -0.25) is 4.79 Å². The van der Waals surface area contributed by atoms with Crippen molar-refractivity contribution in [3.63, 3.8) is 0 Å². The molecule has 0 heterocycles. The van der Waals surface area contributed by atoms with Crippen molar-refractivity contribution >= 4 is 11.9 Å². The molecule has 21 heavy (non-hydrogen) atoms. The minimum Gasteiger partial charge on any atom is -0.496 e. The van der Waals surface area contributed by atoms with Gasteiger partial charge in [0.15, 0.2) is 6.04 Å². The van der Waals surface area contributed by atoms with Crippen LogP contribution < -0.4 is 10.1 Å². The van der Waals surface area contributed by atoms with E-state index in [1.807, 2.05) is 13.8 Å². The van der Waals surface area contributed by atoms with Crippen molar-refractivity contribution in [1.29, 1.82) is 0 Å². The molecule has 0 aromatic heterocycles. The zero-order valence-corrected chi connectivity index (χ0v) is 12.1. The molecule has 2 atom stereocenters. The number of hydrogen-bond acceptors (Lipinski definition) is 3. The highest BCUT2D eigenvalue weighted by Gasteiger charge is 2.51. The van der Waals surface area contributed by atoms with E-state index < -0.39 is 17.8 Å². The average Bonchev–Trinajstić information content (AvgIpc) is 3.04. The lowest BCUT2D eigenvalue weighted by atomic mass is 10.0. The minimum absolute atomic E-state index is 0.0943. The van der Waals surface area contributed by atoms with Crippen LogP contribution in [0.4, 0.5) is 4.39 Å². The third kappa shape index (κ3) is 3.15. The molecule has 2 N–H and O–H groups in total. The number of hydrogen-bond donors (Lipinski definition) is 2. The first kappa shape index (κ1) is 15.3. The van der Waals surface area contributed by atoms with Gasteiger partial charge in [-0.05, 0) is 30.0 Å². The number of amides is 1. The summed E-state index contributed by atoms with van der Waals surface area (Å²) in [6, 6.07) is 2.25. The SMILES string of the molecule is COc1ccc(F)cc1C(NC(=O)[C@H]1CC1(C)C)C(=O)O. The fraction of sp³-hybridized carbons (Fsp3) is 0.467. The van der Waals surface area contributed by atoms with E-state index in [9.17, 15) is 19.1 Å². The highest BCUT2D eigenvalue weighted by atomic mass is 19.1. The molecule has 6 heteroatoms. The van der Waals surface area contributed by atoms with Crippen LogP contribution >= 0.6 is 0 Å². The van der Waals surface area contributed by atoms with E-state index in [0.29, 0.717) is 6.42 Å². The van der Waals surface area contributed by atoms with E-state index in [2.05, 4.69) is 5.32 Å². The first-order valence-corrected chi connectivity index (χ1v) is 6.63. The van der Waals surface area contributed by atoms with Crippen LogP contribution in [0, 0.1) is 17.2 Å². The molecule has 1 unspecified atom stereocenters. The molecule has 1 saturated carbocycles. The van der Waals surface area contributed by atoms with Crippen LogP contribution in [0.15, 0.2) is 18.2 Å². The summed E-state index contributed by atoms with van der Waals surface area (Å²) in [7, 11) is 1.36. The van der Waals surface area contributed by atoms with E-state index in [1.165, 1.54) is 19.2 Å². The second kappa shape index (κ2) is 5.35. The van der Waals surface area contributed by atoms with Crippen molar-refractivity contribution in [3.05, 3.63) is 29.6 Å². The van der Waals surface area contributed by atoms with Crippen molar-refractivity contribution < 1.29 is 23.8 Å². The summed E-state index contributed by atoms with van der Waals surface area (Å²) in [5.41, 5.74) is -0.0177. The molecule has 0 radical (unpaired) electrons. The monoisotopic (exact) mass is 295 g/mol. The number of halogens is 1. The number of carboxylic acid groups (broad SMARTS) is 1. The van der Waals surface area contributed by atoms with Gasteiger partial charge in [-0.25, -0.2) is 9.18 Å². The summed E-state index contributed by atoms with van der Waals surface area (Å²) < 4.78 is 18.4. The van der Waals surface area contributed by atoms with Gasteiger partial charge < -0.3 is 15.2 Å². The van der Waals surface area contributed by atoms with Crippen LogP contribution in [0.2, 0.25) is 0 Å². The third-order valence-electron chi connectivity index (χ3n) is 3.87. The Bertz CT molecular complexity index is 585. The van der Waals surface area contributed by atoms with Crippen molar-refractivity contribution in [2.45, 2.75) is 26.3 Å². The van der Waals surface area contributed by atoms with Crippen molar-refractivity contribution in [2.24, 2.45) is 11.3 Å². The number of carboxylic acids is 1. The van der Waals surface area contributed by atoms with Crippen LogP contribution in [-0.2, 0) is 9.59 Å². The summed E-state index contributed by atoms with van der Waals surface area (Å²) in [4.78, 5) is 23.5. The molecule has 1 amide bonds. The van der Waals surface area contributed by atoms with Crippen LogP contribution in [0.1, 0.15) is 31.9 Å². The van der Waals surface area contributed by atoms with Gasteiger partial charge in [0.25, 0.3) is 0 Å². The summed E-state index contributed by atoms with van der Waals surface area (Å²) in [5.74, 6) is -2.17. The lowest BCUT2D eigenvalue weighted by Gasteiger charge is -2.18. The predicted octanol–water partition coefficient (Wildman–Crippen LogP) is 2.12. The largest absolute Gasteiger partial charge is 0.496 e. The molecule has 1 aliphatic carbocycles. The number of carbonyl (C=O) groups excluding carboxylic acids is 1. The maximum Gasteiger partial charge on any atom is 0.331 e. The number of ether oxygens (including phenoxy) is 1. The molecule has 1 fully saturated rings. The summed E-state index contributed by atoms with van der Waals surface area (Å²) in [6.07, 6.45) is 0.714. The van der Waals surface area contributed by atoms with E-state index >= 15 is 0 Å². The minimum atomic E-state index is -1.33. The predicted molar refractivity (Wildman–Crippen MR) is 73.4 cm³/mol. The van der Waals surface area contributed by atoms with Gasteiger partial charge in [0.1, 0.15) is 11.6 Å². The van der Waals surface area contributed by atoms with Gasteiger partial charge in [0.05, 0.1) is 7.11 Å². The van der Waals surface area contributed by atoms with Crippen LogP contribution in [0.3, 0.4) is 0 Å². The van der Waals surface area contributed by atoms with Crippen LogP contribution in [0.5, 0.6) is 5.75 Å². The first-order valence-electron chi connectivity index (χ1n) is 6.63. The van der Waals surface area contributed by atoms with Crippen molar-refractivity contribution in [3.8, 4) is 5.75 Å².